The molecule has 0 saturated heterocycles. The number of carboxylic acid groups (broad SMARTS) is 1. The van der Waals surface area contributed by atoms with E-state index >= 15 is 0 Å². The topological polar surface area (TPSA) is 72.8 Å². The molecule has 3 rings (SSSR count). The molecule has 0 amide bonds. The molecule has 1 atom stereocenters. The summed E-state index contributed by atoms with van der Waals surface area (Å²) in [5.41, 5.74) is 0.663. The van der Waals surface area contributed by atoms with Gasteiger partial charge in [-0.3, -0.25) is 4.79 Å². The van der Waals surface area contributed by atoms with Gasteiger partial charge in [-0.25, -0.2) is 4.79 Å². The lowest BCUT2D eigenvalue weighted by molar-refractivity contribution is -0.145. The third-order valence-electron chi connectivity index (χ3n) is 4.50. The SMILES string of the molecule is COc1cccc2c1[C@@](COC(=O)c1ccccc1)(C(=O)O)CC2. The Labute approximate surface area is 139 Å². The third-order valence-corrected chi connectivity index (χ3v) is 4.50. The van der Waals surface area contributed by atoms with Gasteiger partial charge in [0.1, 0.15) is 17.8 Å². The summed E-state index contributed by atoms with van der Waals surface area (Å²) in [6.45, 7) is -0.219. The lowest BCUT2D eigenvalue weighted by Crippen LogP contribution is -2.39. The number of ether oxygens (including phenoxy) is 2. The van der Waals surface area contributed by atoms with Gasteiger partial charge < -0.3 is 14.6 Å². The van der Waals surface area contributed by atoms with Crippen molar-refractivity contribution in [2.75, 3.05) is 13.7 Å². The number of aliphatic carboxylic acids is 1. The predicted molar refractivity (Wildman–Crippen MR) is 87.4 cm³/mol. The van der Waals surface area contributed by atoms with Gasteiger partial charge in [0, 0.05) is 5.56 Å². The molecule has 0 bridgehead atoms. The molecule has 1 aliphatic rings. The fraction of sp³-hybridized carbons (Fsp3) is 0.263. The van der Waals surface area contributed by atoms with Crippen molar-refractivity contribution in [3.63, 3.8) is 0 Å². The number of hydrogen-bond donors (Lipinski definition) is 1. The lowest BCUT2D eigenvalue weighted by Gasteiger charge is -2.26. The molecule has 0 aromatic heterocycles. The minimum atomic E-state index is -1.27. The van der Waals surface area contributed by atoms with E-state index in [0.29, 0.717) is 29.7 Å². The fourth-order valence-electron chi connectivity index (χ4n) is 3.24. The van der Waals surface area contributed by atoms with E-state index in [2.05, 4.69) is 0 Å². The fourth-order valence-corrected chi connectivity index (χ4v) is 3.24. The van der Waals surface area contributed by atoms with Crippen molar-refractivity contribution in [1.29, 1.82) is 0 Å². The second kappa shape index (κ2) is 6.35. The average Bonchev–Trinajstić information content (AvgIpc) is 3.00. The Morgan fingerprint density at radius 2 is 1.88 bits per heavy atom. The van der Waals surface area contributed by atoms with Crippen LogP contribution in [0.4, 0.5) is 0 Å². The van der Waals surface area contributed by atoms with Crippen LogP contribution in [0.3, 0.4) is 0 Å². The van der Waals surface area contributed by atoms with Crippen LogP contribution < -0.4 is 4.74 Å². The number of aryl methyl sites for hydroxylation is 1. The Bertz CT molecular complexity index is 769. The molecule has 0 radical (unpaired) electrons. The number of carbonyl (C=O) groups excluding carboxylic acids is 1. The molecule has 0 saturated carbocycles. The standard InChI is InChI=1S/C19H18O5/c1-23-15-9-5-8-13-10-11-19(16(13)15,18(21)22)12-24-17(20)14-6-3-2-4-7-14/h2-9H,10-12H2,1H3,(H,21,22)/t19-/m1/s1. The van der Waals surface area contributed by atoms with Gasteiger partial charge in [0.25, 0.3) is 0 Å². The van der Waals surface area contributed by atoms with Crippen molar-refractivity contribution in [2.45, 2.75) is 18.3 Å². The first kappa shape index (κ1) is 16.1. The number of carbonyl (C=O) groups is 2. The minimum absolute atomic E-state index is 0.219. The van der Waals surface area contributed by atoms with Gasteiger partial charge in [0.05, 0.1) is 12.7 Å². The quantitative estimate of drug-likeness (QED) is 0.855. The van der Waals surface area contributed by atoms with Crippen LogP contribution in [0.2, 0.25) is 0 Å². The van der Waals surface area contributed by atoms with Gasteiger partial charge in [-0.2, -0.15) is 0 Å². The average molecular weight is 326 g/mol. The van der Waals surface area contributed by atoms with Crippen LogP contribution in [0.1, 0.15) is 27.9 Å². The Hall–Kier alpha value is -2.82. The van der Waals surface area contributed by atoms with Crippen LogP contribution in [-0.4, -0.2) is 30.8 Å². The summed E-state index contributed by atoms with van der Waals surface area (Å²) in [5, 5.41) is 9.87. The van der Waals surface area contributed by atoms with E-state index in [1.165, 1.54) is 7.11 Å². The van der Waals surface area contributed by atoms with Crippen LogP contribution in [-0.2, 0) is 21.4 Å². The van der Waals surface area contributed by atoms with Crippen LogP contribution in [0, 0.1) is 0 Å². The van der Waals surface area contributed by atoms with Crippen molar-refractivity contribution in [3.05, 3.63) is 65.2 Å². The first-order chi connectivity index (χ1) is 11.6. The smallest absolute Gasteiger partial charge is 0.338 e. The summed E-state index contributed by atoms with van der Waals surface area (Å²) in [7, 11) is 1.51. The number of fused-ring (bicyclic) bond motifs is 1. The molecular weight excluding hydrogens is 308 g/mol. The molecule has 0 fully saturated rings. The molecule has 5 heteroatoms. The molecule has 2 aromatic rings. The van der Waals surface area contributed by atoms with E-state index in [4.69, 9.17) is 9.47 Å². The maximum absolute atomic E-state index is 12.2. The highest BCUT2D eigenvalue weighted by molar-refractivity contribution is 5.90. The van der Waals surface area contributed by atoms with Gasteiger partial charge in [-0.1, -0.05) is 30.3 Å². The molecule has 0 unspecified atom stereocenters. The Morgan fingerprint density at radius 1 is 1.12 bits per heavy atom. The molecule has 5 nitrogen and oxygen atoms in total. The van der Waals surface area contributed by atoms with E-state index < -0.39 is 17.4 Å². The van der Waals surface area contributed by atoms with Gasteiger partial charge >= 0.3 is 11.9 Å². The summed E-state index contributed by atoms with van der Waals surface area (Å²) in [6, 6.07) is 14.0. The first-order valence-corrected chi connectivity index (χ1v) is 7.70. The molecule has 124 valence electrons. The summed E-state index contributed by atoms with van der Waals surface area (Å²) < 4.78 is 10.7. The second-order valence-electron chi connectivity index (χ2n) is 5.82. The maximum Gasteiger partial charge on any atom is 0.338 e. The number of rotatable bonds is 5. The largest absolute Gasteiger partial charge is 0.496 e. The van der Waals surface area contributed by atoms with Crippen LogP contribution >= 0.6 is 0 Å². The second-order valence-corrected chi connectivity index (χ2v) is 5.82. The van der Waals surface area contributed by atoms with E-state index in [1.54, 1.807) is 36.4 Å². The summed E-state index contributed by atoms with van der Waals surface area (Å²) >= 11 is 0. The van der Waals surface area contributed by atoms with Crippen molar-refractivity contribution in [2.24, 2.45) is 0 Å². The van der Waals surface area contributed by atoms with Gasteiger partial charge in [0.2, 0.25) is 0 Å². The molecule has 2 aromatic carbocycles. The summed E-state index contributed by atoms with van der Waals surface area (Å²) in [5.74, 6) is -1.02. The molecular formula is C19H18O5. The zero-order valence-electron chi connectivity index (χ0n) is 13.3. The molecule has 24 heavy (non-hydrogen) atoms. The van der Waals surface area contributed by atoms with Crippen LogP contribution in [0.5, 0.6) is 5.75 Å². The number of hydrogen-bond acceptors (Lipinski definition) is 4. The normalized spacial score (nSPS) is 18.7. The van der Waals surface area contributed by atoms with Gasteiger partial charge in [-0.05, 0) is 36.6 Å². The van der Waals surface area contributed by atoms with E-state index in [0.717, 1.165) is 5.56 Å². The Kier molecular flexibility index (Phi) is 4.25. The molecule has 1 N–H and O–H groups in total. The van der Waals surface area contributed by atoms with Gasteiger partial charge in [0.15, 0.2) is 0 Å². The highest BCUT2D eigenvalue weighted by atomic mass is 16.5. The Balaban J connectivity index is 1.90. The first-order valence-electron chi connectivity index (χ1n) is 7.70. The molecule has 1 aliphatic carbocycles. The van der Waals surface area contributed by atoms with Crippen molar-refractivity contribution >= 4 is 11.9 Å². The molecule has 0 spiro atoms. The van der Waals surface area contributed by atoms with E-state index in [-0.39, 0.29) is 6.61 Å². The minimum Gasteiger partial charge on any atom is -0.496 e. The van der Waals surface area contributed by atoms with Crippen LogP contribution in [0.15, 0.2) is 48.5 Å². The number of carboxylic acids is 1. The van der Waals surface area contributed by atoms with Gasteiger partial charge in [-0.15, -0.1) is 0 Å². The van der Waals surface area contributed by atoms with Crippen molar-refractivity contribution in [1.82, 2.24) is 0 Å². The predicted octanol–water partition coefficient (Wildman–Crippen LogP) is 2.82. The van der Waals surface area contributed by atoms with Crippen molar-refractivity contribution in [3.8, 4) is 5.75 Å². The van der Waals surface area contributed by atoms with Crippen LogP contribution in [0.25, 0.3) is 0 Å². The lowest BCUT2D eigenvalue weighted by atomic mass is 9.82. The Morgan fingerprint density at radius 3 is 2.54 bits per heavy atom. The third kappa shape index (κ3) is 2.62. The monoisotopic (exact) mass is 326 g/mol. The maximum atomic E-state index is 12.2. The zero-order chi connectivity index (χ0) is 17.2. The number of benzene rings is 2. The highest BCUT2D eigenvalue weighted by Gasteiger charge is 2.49. The molecule has 0 aliphatic heterocycles. The highest BCUT2D eigenvalue weighted by Crippen LogP contribution is 2.44. The van der Waals surface area contributed by atoms with E-state index in [9.17, 15) is 14.7 Å². The summed E-state index contributed by atoms with van der Waals surface area (Å²) in [4.78, 5) is 24.2. The molecule has 0 heterocycles. The number of esters is 1. The number of methoxy groups -OCH3 is 1. The zero-order valence-corrected chi connectivity index (χ0v) is 13.3. The van der Waals surface area contributed by atoms with E-state index in [1.807, 2.05) is 12.1 Å². The summed E-state index contributed by atoms with van der Waals surface area (Å²) in [6.07, 6.45) is 0.988. The van der Waals surface area contributed by atoms with Crippen molar-refractivity contribution < 1.29 is 24.2 Å².